The number of fused-ring (bicyclic) bond motifs is 2. The van der Waals surface area contributed by atoms with E-state index in [-0.39, 0.29) is 23.4 Å². The SMILES string of the molecule is CCCCOc1ccc(C2c3c(oc4ccc(Br)cc4c3=O)C(=O)N2c2ccc(C(=O)OCC)cc2)cc1OC. The van der Waals surface area contributed by atoms with Crippen LogP contribution in [0.5, 0.6) is 11.5 Å². The number of ether oxygens (including phenoxy) is 3. The highest BCUT2D eigenvalue weighted by Gasteiger charge is 2.44. The van der Waals surface area contributed by atoms with Crippen LogP contribution in [0.3, 0.4) is 0 Å². The van der Waals surface area contributed by atoms with Crippen LogP contribution in [-0.2, 0) is 4.74 Å². The number of nitrogens with zero attached hydrogens (tertiary/aromatic N) is 1. The molecule has 0 N–H and O–H groups in total. The normalized spacial score (nSPS) is 14.3. The van der Waals surface area contributed by atoms with Gasteiger partial charge in [-0.3, -0.25) is 14.5 Å². The molecule has 0 saturated carbocycles. The Hall–Kier alpha value is -4.11. The van der Waals surface area contributed by atoms with Gasteiger partial charge >= 0.3 is 5.97 Å². The van der Waals surface area contributed by atoms with Gasteiger partial charge in [-0.25, -0.2) is 4.79 Å². The van der Waals surface area contributed by atoms with Gasteiger partial charge in [-0.15, -0.1) is 0 Å². The number of carbonyl (C=O) groups is 2. The van der Waals surface area contributed by atoms with E-state index in [2.05, 4.69) is 22.9 Å². The van der Waals surface area contributed by atoms with Crippen molar-refractivity contribution < 1.29 is 28.2 Å². The minimum atomic E-state index is -0.811. The van der Waals surface area contributed by atoms with E-state index in [9.17, 15) is 14.4 Å². The van der Waals surface area contributed by atoms with Crippen molar-refractivity contribution in [3.63, 3.8) is 0 Å². The van der Waals surface area contributed by atoms with E-state index in [1.165, 1.54) is 4.90 Å². The molecule has 0 aliphatic carbocycles. The van der Waals surface area contributed by atoms with Crippen molar-refractivity contribution in [2.45, 2.75) is 32.7 Å². The van der Waals surface area contributed by atoms with Gasteiger partial charge in [0.2, 0.25) is 5.76 Å². The van der Waals surface area contributed by atoms with E-state index in [1.807, 2.05) is 6.07 Å². The maximum absolute atomic E-state index is 13.9. The van der Waals surface area contributed by atoms with Gasteiger partial charge in [-0.2, -0.15) is 0 Å². The average Bonchev–Trinajstić information content (AvgIpc) is 3.26. The molecular formula is C31H28BrNO7. The minimum Gasteiger partial charge on any atom is -0.493 e. The van der Waals surface area contributed by atoms with Crippen LogP contribution >= 0.6 is 15.9 Å². The monoisotopic (exact) mass is 605 g/mol. The second-order valence-electron chi connectivity index (χ2n) is 9.27. The number of amides is 1. The van der Waals surface area contributed by atoms with Crippen LogP contribution < -0.4 is 19.8 Å². The molecule has 206 valence electrons. The summed E-state index contributed by atoms with van der Waals surface area (Å²) in [5.74, 6) is 0.109. The molecule has 0 spiro atoms. The number of hydrogen-bond acceptors (Lipinski definition) is 7. The van der Waals surface area contributed by atoms with Gasteiger partial charge in [-0.1, -0.05) is 35.3 Å². The molecular weight excluding hydrogens is 578 g/mol. The summed E-state index contributed by atoms with van der Waals surface area (Å²) in [6.45, 7) is 4.61. The Bertz CT molecular complexity index is 1640. The summed E-state index contributed by atoms with van der Waals surface area (Å²) in [4.78, 5) is 41.5. The highest BCUT2D eigenvalue weighted by atomic mass is 79.9. The van der Waals surface area contributed by atoms with Crippen molar-refractivity contribution in [2.75, 3.05) is 25.2 Å². The first-order valence-electron chi connectivity index (χ1n) is 13.1. The van der Waals surface area contributed by atoms with E-state index in [0.717, 1.165) is 17.3 Å². The quantitative estimate of drug-likeness (QED) is 0.155. The van der Waals surface area contributed by atoms with Crippen molar-refractivity contribution in [3.05, 3.63) is 97.8 Å². The zero-order valence-electron chi connectivity index (χ0n) is 22.4. The van der Waals surface area contributed by atoms with Gasteiger partial charge in [0.25, 0.3) is 5.91 Å². The van der Waals surface area contributed by atoms with Gasteiger partial charge in [0.05, 0.1) is 42.9 Å². The third-order valence-corrected chi connectivity index (χ3v) is 7.24. The molecule has 1 aliphatic heterocycles. The topological polar surface area (TPSA) is 95.3 Å². The lowest BCUT2D eigenvalue weighted by Crippen LogP contribution is -2.29. The first-order valence-corrected chi connectivity index (χ1v) is 13.8. The zero-order valence-corrected chi connectivity index (χ0v) is 23.9. The number of methoxy groups -OCH3 is 1. The highest BCUT2D eigenvalue weighted by Crippen LogP contribution is 2.43. The second-order valence-corrected chi connectivity index (χ2v) is 10.2. The van der Waals surface area contributed by atoms with Gasteiger partial charge in [0, 0.05) is 10.2 Å². The molecule has 9 heteroatoms. The maximum atomic E-state index is 13.9. The first-order chi connectivity index (χ1) is 19.4. The van der Waals surface area contributed by atoms with Gasteiger partial charge in [0.15, 0.2) is 16.9 Å². The van der Waals surface area contributed by atoms with E-state index in [4.69, 9.17) is 18.6 Å². The van der Waals surface area contributed by atoms with Crippen LogP contribution in [0.25, 0.3) is 11.0 Å². The standard InChI is InChI=1S/C31H28BrNO7/c1-4-6-15-39-24-13-9-19(16-25(24)37-3)27-26-28(34)22-17-20(32)10-14-23(22)40-29(26)30(35)33(27)21-11-7-18(8-12-21)31(36)38-5-2/h7-14,16-17,27H,4-6,15H2,1-3H3. The predicted octanol–water partition coefficient (Wildman–Crippen LogP) is 6.67. The smallest absolute Gasteiger partial charge is 0.338 e. The lowest BCUT2D eigenvalue weighted by atomic mass is 9.97. The van der Waals surface area contributed by atoms with E-state index in [0.29, 0.717) is 45.9 Å². The molecule has 0 saturated heterocycles. The summed E-state index contributed by atoms with van der Waals surface area (Å²) in [6, 6.07) is 16.2. The number of carbonyl (C=O) groups excluding carboxylic acids is 2. The molecule has 1 amide bonds. The van der Waals surface area contributed by atoms with E-state index < -0.39 is 17.9 Å². The van der Waals surface area contributed by atoms with E-state index >= 15 is 0 Å². The zero-order chi connectivity index (χ0) is 28.4. The van der Waals surface area contributed by atoms with E-state index in [1.54, 1.807) is 68.6 Å². The van der Waals surface area contributed by atoms with Crippen molar-refractivity contribution in [2.24, 2.45) is 0 Å². The van der Waals surface area contributed by atoms with Gasteiger partial charge in [-0.05, 0) is 73.5 Å². The highest BCUT2D eigenvalue weighted by molar-refractivity contribution is 9.10. The van der Waals surface area contributed by atoms with Crippen LogP contribution in [-0.4, -0.2) is 32.2 Å². The van der Waals surface area contributed by atoms with Gasteiger partial charge < -0.3 is 18.6 Å². The third kappa shape index (κ3) is 4.97. The average molecular weight is 606 g/mol. The van der Waals surface area contributed by atoms with Gasteiger partial charge in [0.1, 0.15) is 5.58 Å². The molecule has 40 heavy (non-hydrogen) atoms. The molecule has 0 radical (unpaired) electrons. The molecule has 1 aromatic heterocycles. The number of benzene rings is 3. The van der Waals surface area contributed by atoms with Crippen LogP contribution in [0.15, 0.2) is 74.3 Å². The summed E-state index contributed by atoms with van der Waals surface area (Å²) in [6.07, 6.45) is 1.89. The fourth-order valence-corrected chi connectivity index (χ4v) is 5.16. The van der Waals surface area contributed by atoms with Crippen molar-refractivity contribution in [3.8, 4) is 11.5 Å². The predicted molar refractivity (Wildman–Crippen MR) is 155 cm³/mol. The molecule has 1 aliphatic rings. The Morgan fingerprint density at radius 1 is 1.00 bits per heavy atom. The molecule has 1 atom stereocenters. The van der Waals surface area contributed by atoms with Crippen molar-refractivity contribution >= 4 is 44.5 Å². The number of hydrogen-bond donors (Lipinski definition) is 0. The lowest BCUT2D eigenvalue weighted by molar-refractivity contribution is 0.0526. The number of unbranched alkanes of at least 4 members (excludes halogenated alkanes) is 1. The number of esters is 1. The molecule has 4 aromatic rings. The fourth-order valence-electron chi connectivity index (χ4n) is 4.80. The molecule has 0 fully saturated rings. The number of anilines is 1. The summed E-state index contributed by atoms with van der Waals surface area (Å²) >= 11 is 3.42. The van der Waals surface area contributed by atoms with Crippen LogP contribution in [0.1, 0.15) is 64.8 Å². The fraction of sp³-hybridized carbons (Fsp3) is 0.258. The summed E-state index contributed by atoms with van der Waals surface area (Å²) in [7, 11) is 1.55. The Morgan fingerprint density at radius 2 is 1.77 bits per heavy atom. The van der Waals surface area contributed by atoms with Crippen LogP contribution in [0.4, 0.5) is 5.69 Å². The molecule has 2 heterocycles. The largest absolute Gasteiger partial charge is 0.493 e. The Labute approximate surface area is 239 Å². The maximum Gasteiger partial charge on any atom is 0.338 e. The molecule has 5 rings (SSSR count). The van der Waals surface area contributed by atoms with Crippen molar-refractivity contribution in [1.29, 1.82) is 0 Å². The molecule has 8 nitrogen and oxygen atoms in total. The van der Waals surface area contributed by atoms with Crippen molar-refractivity contribution in [1.82, 2.24) is 0 Å². The third-order valence-electron chi connectivity index (χ3n) is 6.75. The summed E-state index contributed by atoms with van der Waals surface area (Å²) in [5.41, 5.74) is 1.72. The first kappa shape index (κ1) is 27.5. The minimum absolute atomic E-state index is 0.0264. The second kappa shape index (κ2) is 11.6. The van der Waals surface area contributed by atoms with Crippen LogP contribution in [0, 0.1) is 0 Å². The Morgan fingerprint density at radius 3 is 2.48 bits per heavy atom. The lowest BCUT2D eigenvalue weighted by Gasteiger charge is -2.26. The molecule has 0 bridgehead atoms. The summed E-state index contributed by atoms with van der Waals surface area (Å²) in [5, 5.41) is 0.358. The van der Waals surface area contributed by atoms with Crippen LogP contribution in [0.2, 0.25) is 0 Å². The Balaban J connectivity index is 1.67. The number of rotatable bonds is 9. The Kier molecular flexibility index (Phi) is 7.93. The molecule has 3 aromatic carbocycles. The summed E-state index contributed by atoms with van der Waals surface area (Å²) < 4.78 is 23.4. The molecule has 1 unspecified atom stereocenters. The number of halogens is 1.